The molecule has 1 atom stereocenters. The molecular formula is C11H8Br2F3NO2. The molecule has 1 fully saturated rings. The van der Waals surface area contributed by atoms with Crippen LogP contribution in [0.1, 0.15) is 6.42 Å². The van der Waals surface area contributed by atoms with Crippen molar-refractivity contribution in [1.29, 1.82) is 0 Å². The molecule has 0 bridgehead atoms. The van der Waals surface area contributed by atoms with E-state index >= 15 is 0 Å². The molecule has 1 aromatic rings. The van der Waals surface area contributed by atoms with Gasteiger partial charge < -0.3 is 9.64 Å². The zero-order valence-electron chi connectivity index (χ0n) is 9.38. The van der Waals surface area contributed by atoms with Gasteiger partial charge in [-0.15, -0.1) is 13.2 Å². The number of nitrogens with zero attached hydrogens (tertiary/aromatic N) is 1. The summed E-state index contributed by atoms with van der Waals surface area (Å²) in [4.78, 5) is 13.2. The van der Waals surface area contributed by atoms with Crippen molar-refractivity contribution in [2.45, 2.75) is 17.6 Å². The van der Waals surface area contributed by atoms with Crippen LogP contribution >= 0.6 is 31.9 Å². The van der Waals surface area contributed by atoms with Crippen LogP contribution in [-0.4, -0.2) is 23.6 Å². The van der Waals surface area contributed by atoms with Gasteiger partial charge in [0.2, 0.25) is 5.91 Å². The molecule has 1 unspecified atom stereocenters. The van der Waals surface area contributed by atoms with Crippen molar-refractivity contribution in [3.8, 4) is 5.75 Å². The largest absolute Gasteiger partial charge is 0.573 e. The molecule has 19 heavy (non-hydrogen) atoms. The summed E-state index contributed by atoms with van der Waals surface area (Å²) < 4.78 is 40.9. The van der Waals surface area contributed by atoms with Crippen LogP contribution in [0.25, 0.3) is 0 Å². The van der Waals surface area contributed by atoms with E-state index in [0.29, 0.717) is 23.1 Å². The first-order valence-electron chi connectivity index (χ1n) is 5.26. The lowest BCUT2D eigenvalue weighted by Gasteiger charge is -2.19. The molecule has 1 aliphatic heterocycles. The van der Waals surface area contributed by atoms with Gasteiger partial charge in [-0.25, -0.2) is 0 Å². The van der Waals surface area contributed by atoms with E-state index in [1.54, 1.807) is 0 Å². The van der Waals surface area contributed by atoms with Gasteiger partial charge in [-0.3, -0.25) is 4.79 Å². The minimum Gasteiger partial charge on any atom is -0.406 e. The molecule has 8 heteroatoms. The van der Waals surface area contributed by atoms with Gasteiger partial charge in [0.15, 0.2) is 0 Å². The number of benzene rings is 1. The highest BCUT2D eigenvalue weighted by molar-refractivity contribution is 9.10. The smallest absolute Gasteiger partial charge is 0.406 e. The summed E-state index contributed by atoms with van der Waals surface area (Å²) in [5.74, 6) is -0.497. The normalized spacial score (nSPS) is 19.9. The van der Waals surface area contributed by atoms with Crippen LogP contribution in [0.15, 0.2) is 22.7 Å². The summed E-state index contributed by atoms with van der Waals surface area (Å²) >= 11 is 6.54. The molecule has 0 aliphatic carbocycles. The zero-order valence-corrected chi connectivity index (χ0v) is 12.5. The highest BCUT2D eigenvalue weighted by Gasteiger charge is 2.33. The quantitative estimate of drug-likeness (QED) is 0.703. The van der Waals surface area contributed by atoms with Crippen LogP contribution < -0.4 is 9.64 Å². The molecule has 2 rings (SSSR count). The molecule has 0 spiro atoms. The van der Waals surface area contributed by atoms with Crippen LogP contribution in [0.4, 0.5) is 18.9 Å². The number of halogens is 5. The Morgan fingerprint density at radius 2 is 2.05 bits per heavy atom. The lowest BCUT2D eigenvalue weighted by Crippen LogP contribution is -2.25. The van der Waals surface area contributed by atoms with E-state index in [0.717, 1.165) is 0 Å². The minimum absolute atomic E-state index is 0.000842. The van der Waals surface area contributed by atoms with Gasteiger partial charge >= 0.3 is 6.36 Å². The average Bonchev–Trinajstić information content (AvgIpc) is 2.58. The molecule has 1 amide bonds. The Bertz CT molecular complexity index is 507. The molecule has 3 nitrogen and oxygen atoms in total. The van der Waals surface area contributed by atoms with Crippen LogP contribution in [-0.2, 0) is 4.79 Å². The molecule has 1 aromatic carbocycles. The Morgan fingerprint density at radius 1 is 1.37 bits per heavy atom. The van der Waals surface area contributed by atoms with E-state index < -0.39 is 6.36 Å². The second kappa shape index (κ2) is 5.32. The van der Waals surface area contributed by atoms with Crippen molar-refractivity contribution < 1.29 is 22.7 Å². The Balaban J connectivity index is 2.30. The van der Waals surface area contributed by atoms with Crippen molar-refractivity contribution in [2.75, 3.05) is 11.4 Å². The molecule has 1 aliphatic rings. The Morgan fingerprint density at radius 3 is 2.58 bits per heavy atom. The molecular weight excluding hydrogens is 395 g/mol. The predicted molar refractivity (Wildman–Crippen MR) is 70.5 cm³/mol. The summed E-state index contributed by atoms with van der Waals surface area (Å²) in [6.45, 7) is 0.410. The fourth-order valence-corrected chi connectivity index (χ4v) is 2.82. The first-order valence-corrected chi connectivity index (χ1v) is 6.97. The number of carbonyl (C=O) groups is 1. The van der Waals surface area contributed by atoms with Crippen molar-refractivity contribution in [1.82, 2.24) is 0 Å². The van der Waals surface area contributed by atoms with Crippen molar-refractivity contribution in [3.05, 3.63) is 22.7 Å². The van der Waals surface area contributed by atoms with Gasteiger partial charge in [-0.1, -0.05) is 15.9 Å². The summed E-state index contributed by atoms with van der Waals surface area (Å²) in [5, 5.41) is 0. The number of hydrogen-bond acceptors (Lipinski definition) is 2. The summed E-state index contributed by atoms with van der Waals surface area (Å²) in [5.41, 5.74) is 0.369. The van der Waals surface area contributed by atoms with E-state index in [1.807, 2.05) is 0 Å². The molecule has 0 radical (unpaired) electrons. The number of ether oxygens (including phenoxy) is 1. The monoisotopic (exact) mass is 401 g/mol. The molecule has 0 aromatic heterocycles. The van der Waals surface area contributed by atoms with E-state index in [2.05, 4.69) is 36.6 Å². The van der Waals surface area contributed by atoms with E-state index in [4.69, 9.17) is 0 Å². The lowest BCUT2D eigenvalue weighted by atomic mass is 10.3. The number of hydrogen-bond donors (Lipinski definition) is 0. The Kier molecular flexibility index (Phi) is 4.10. The average molecular weight is 403 g/mol. The van der Waals surface area contributed by atoms with E-state index in [-0.39, 0.29) is 16.5 Å². The Labute approximate surface area is 124 Å². The van der Waals surface area contributed by atoms with Gasteiger partial charge in [0.25, 0.3) is 0 Å². The Hall–Kier alpha value is -0.760. The maximum Gasteiger partial charge on any atom is 0.573 e. The van der Waals surface area contributed by atoms with E-state index in [1.165, 1.54) is 23.1 Å². The number of carbonyl (C=O) groups excluding carboxylic acids is 1. The first kappa shape index (κ1) is 14.6. The second-order valence-corrected chi connectivity index (χ2v) is 6.12. The van der Waals surface area contributed by atoms with Crippen LogP contribution in [0, 0.1) is 0 Å². The minimum atomic E-state index is -4.75. The first-order chi connectivity index (χ1) is 8.76. The van der Waals surface area contributed by atoms with E-state index in [9.17, 15) is 18.0 Å². The van der Waals surface area contributed by atoms with Gasteiger partial charge in [0.1, 0.15) is 5.75 Å². The van der Waals surface area contributed by atoms with Gasteiger partial charge in [0.05, 0.1) is 5.69 Å². The summed E-state index contributed by atoms with van der Waals surface area (Å²) in [7, 11) is 0. The van der Waals surface area contributed by atoms with Gasteiger partial charge in [-0.05, 0) is 28.1 Å². The maximum atomic E-state index is 12.2. The highest BCUT2D eigenvalue weighted by Crippen LogP contribution is 2.35. The third-order valence-corrected chi connectivity index (χ3v) is 3.80. The maximum absolute atomic E-state index is 12.2. The standard InChI is InChI=1S/C11H8Br2F3NO2/c12-6-3-10(18)17(5-6)9-4-7(1-2-8(9)13)19-11(14,15)16/h1-2,4,6H,3,5H2. The molecule has 0 N–H and O–H groups in total. The second-order valence-electron chi connectivity index (χ2n) is 3.97. The molecule has 0 saturated carbocycles. The number of amides is 1. The van der Waals surface area contributed by atoms with Crippen LogP contribution in [0.5, 0.6) is 5.75 Å². The summed E-state index contributed by atoms with van der Waals surface area (Å²) in [6.07, 6.45) is -4.44. The predicted octanol–water partition coefficient (Wildman–Crippen LogP) is 3.85. The van der Waals surface area contributed by atoms with Gasteiger partial charge in [0, 0.05) is 28.3 Å². The third-order valence-electron chi connectivity index (χ3n) is 2.52. The zero-order chi connectivity index (χ0) is 14.2. The molecule has 1 heterocycles. The van der Waals surface area contributed by atoms with Crippen LogP contribution in [0.2, 0.25) is 0 Å². The number of alkyl halides is 4. The molecule has 104 valence electrons. The third kappa shape index (κ3) is 3.62. The number of anilines is 1. The highest BCUT2D eigenvalue weighted by atomic mass is 79.9. The van der Waals surface area contributed by atoms with Crippen molar-refractivity contribution >= 4 is 43.5 Å². The van der Waals surface area contributed by atoms with Crippen LogP contribution in [0.3, 0.4) is 0 Å². The topological polar surface area (TPSA) is 29.5 Å². The lowest BCUT2D eigenvalue weighted by molar-refractivity contribution is -0.274. The SMILES string of the molecule is O=C1CC(Br)CN1c1cc(OC(F)(F)F)ccc1Br. The molecule has 1 saturated heterocycles. The summed E-state index contributed by atoms with van der Waals surface area (Å²) in [6, 6.07) is 3.80. The number of rotatable bonds is 2. The fourth-order valence-electron chi connectivity index (χ4n) is 1.79. The van der Waals surface area contributed by atoms with Crippen molar-refractivity contribution in [3.63, 3.8) is 0 Å². The van der Waals surface area contributed by atoms with Crippen molar-refractivity contribution in [2.24, 2.45) is 0 Å². The van der Waals surface area contributed by atoms with Gasteiger partial charge in [-0.2, -0.15) is 0 Å². The fraction of sp³-hybridized carbons (Fsp3) is 0.364.